The van der Waals surface area contributed by atoms with Crippen LogP contribution >= 0.6 is 0 Å². The van der Waals surface area contributed by atoms with Gasteiger partial charge in [0.2, 0.25) is 0 Å². The molecule has 0 saturated heterocycles. The Morgan fingerprint density at radius 1 is 0.867 bits per heavy atom. The molecule has 1 N–H and O–H groups in total. The fourth-order valence-electron chi connectivity index (χ4n) is 3.50. The molecule has 0 aliphatic heterocycles. The number of methoxy groups -OCH3 is 1. The van der Waals surface area contributed by atoms with Crippen LogP contribution < -0.4 is 9.47 Å². The Hall–Kier alpha value is -2.82. The van der Waals surface area contributed by atoms with Gasteiger partial charge in [-0.3, -0.25) is 4.90 Å². The lowest BCUT2D eigenvalue weighted by Crippen LogP contribution is -2.35. The van der Waals surface area contributed by atoms with E-state index in [2.05, 4.69) is 48.2 Å². The molecular weight excluding hydrogens is 374 g/mol. The second-order valence-electron chi connectivity index (χ2n) is 7.74. The van der Waals surface area contributed by atoms with E-state index in [9.17, 15) is 5.11 Å². The molecule has 3 aromatic carbocycles. The van der Waals surface area contributed by atoms with Crippen LogP contribution in [0.3, 0.4) is 0 Å². The zero-order valence-electron chi connectivity index (χ0n) is 18.0. The molecule has 4 nitrogen and oxygen atoms in total. The summed E-state index contributed by atoms with van der Waals surface area (Å²) in [5.41, 5.74) is 4.71. The summed E-state index contributed by atoms with van der Waals surface area (Å²) in [7, 11) is 1.67. The van der Waals surface area contributed by atoms with Crippen molar-refractivity contribution < 1.29 is 14.6 Å². The number of aryl methyl sites for hydroxylation is 2. The number of benzene rings is 3. The van der Waals surface area contributed by atoms with E-state index in [0.29, 0.717) is 6.54 Å². The fourth-order valence-corrected chi connectivity index (χ4v) is 3.50. The SMILES string of the molecule is COc1ccc(CN(Cc2cccc(C)c2)C[C@@H](O)COc2ccccc2C)cc1. The van der Waals surface area contributed by atoms with Gasteiger partial charge in [-0.15, -0.1) is 0 Å². The number of para-hydroxylation sites is 1. The average Bonchev–Trinajstić information content (AvgIpc) is 2.74. The number of hydrogen-bond donors (Lipinski definition) is 1. The molecule has 0 spiro atoms. The normalized spacial score (nSPS) is 12.0. The van der Waals surface area contributed by atoms with Crippen molar-refractivity contribution in [1.29, 1.82) is 0 Å². The Kier molecular flexibility index (Phi) is 7.89. The molecule has 4 heteroatoms. The second-order valence-corrected chi connectivity index (χ2v) is 7.74. The Morgan fingerprint density at radius 3 is 2.30 bits per heavy atom. The van der Waals surface area contributed by atoms with Gasteiger partial charge < -0.3 is 14.6 Å². The summed E-state index contributed by atoms with van der Waals surface area (Å²) < 4.78 is 11.1. The molecule has 158 valence electrons. The molecule has 0 heterocycles. The predicted molar refractivity (Wildman–Crippen MR) is 121 cm³/mol. The summed E-state index contributed by atoms with van der Waals surface area (Å²) in [6, 6.07) is 24.4. The predicted octanol–water partition coefficient (Wildman–Crippen LogP) is 4.75. The third-order valence-electron chi connectivity index (χ3n) is 5.05. The quantitative estimate of drug-likeness (QED) is 0.528. The Balaban J connectivity index is 1.66. The molecule has 0 unspecified atom stereocenters. The van der Waals surface area contributed by atoms with E-state index in [1.54, 1.807) is 7.11 Å². The van der Waals surface area contributed by atoms with Gasteiger partial charge in [-0.05, 0) is 48.7 Å². The maximum absolute atomic E-state index is 10.7. The summed E-state index contributed by atoms with van der Waals surface area (Å²) in [6.45, 7) is 6.38. The van der Waals surface area contributed by atoms with Crippen molar-refractivity contribution in [3.8, 4) is 11.5 Å². The van der Waals surface area contributed by atoms with Crippen LogP contribution in [0.2, 0.25) is 0 Å². The van der Waals surface area contributed by atoms with E-state index in [1.165, 1.54) is 16.7 Å². The summed E-state index contributed by atoms with van der Waals surface area (Å²) in [6.07, 6.45) is -0.590. The van der Waals surface area contributed by atoms with Crippen molar-refractivity contribution >= 4 is 0 Å². The van der Waals surface area contributed by atoms with Crippen LogP contribution in [-0.2, 0) is 13.1 Å². The minimum Gasteiger partial charge on any atom is -0.497 e. The highest BCUT2D eigenvalue weighted by Gasteiger charge is 2.15. The zero-order valence-corrected chi connectivity index (χ0v) is 18.0. The van der Waals surface area contributed by atoms with Gasteiger partial charge >= 0.3 is 0 Å². The molecule has 1 atom stereocenters. The van der Waals surface area contributed by atoms with Crippen LogP contribution in [0.25, 0.3) is 0 Å². The fraction of sp³-hybridized carbons (Fsp3) is 0.308. The first-order chi connectivity index (χ1) is 14.5. The highest BCUT2D eigenvalue weighted by molar-refractivity contribution is 5.31. The third-order valence-corrected chi connectivity index (χ3v) is 5.05. The number of hydrogen-bond acceptors (Lipinski definition) is 4. The van der Waals surface area contributed by atoms with Gasteiger partial charge in [-0.2, -0.15) is 0 Å². The first-order valence-electron chi connectivity index (χ1n) is 10.3. The van der Waals surface area contributed by atoms with Gasteiger partial charge in [0.05, 0.1) is 7.11 Å². The lowest BCUT2D eigenvalue weighted by Gasteiger charge is -2.26. The monoisotopic (exact) mass is 405 g/mol. The second kappa shape index (κ2) is 10.8. The highest BCUT2D eigenvalue weighted by Crippen LogP contribution is 2.18. The van der Waals surface area contributed by atoms with E-state index < -0.39 is 6.10 Å². The minimum absolute atomic E-state index is 0.262. The average molecular weight is 406 g/mol. The van der Waals surface area contributed by atoms with Crippen LogP contribution in [0.1, 0.15) is 22.3 Å². The van der Waals surface area contributed by atoms with Crippen LogP contribution in [-0.4, -0.2) is 36.4 Å². The number of rotatable bonds is 10. The first kappa shape index (κ1) is 21.9. The number of aliphatic hydroxyl groups excluding tert-OH is 1. The van der Waals surface area contributed by atoms with Crippen molar-refractivity contribution in [3.63, 3.8) is 0 Å². The smallest absolute Gasteiger partial charge is 0.122 e. The van der Waals surface area contributed by atoms with Gasteiger partial charge in [-0.1, -0.05) is 60.2 Å². The summed E-state index contributed by atoms with van der Waals surface area (Å²) in [5, 5.41) is 10.7. The lowest BCUT2D eigenvalue weighted by atomic mass is 10.1. The molecule has 0 aliphatic carbocycles. The van der Waals surface area contributed by atoms with Crippen molar-refractivity contribution in [3.05, 3.63) is 95.1 Å². The molecule has 30 heavy (non-hydrogen) atoms. The number of aliphatic hydroxyl groups is 1. The van der Waals surface area contributed by atoms with Crippen molar-refractivity contribution in [1.82, 2.24) is 4.90 Å². The maximum Gasteiger partial charge on any atom is 0.122 e. The Bertz CT molecular complexity index is 924. The first-order valence-corrected chi connectivity index (χ1v) is 10.3. The van der Waals surface area contributed by atoms with Gasteiger partial charge in [0, 0.05) is 19.6 Å². The minimum atomic E-state index is -0.590. The van der Waals surface area contributed by atoms with E-state index >= 15 is 0 Å². The Labute approximate surface area is 179 Å². The third kappa shape index (κ3) is 6.61. The van der Waals surface area contributed by atoms with Crippen molar-refractivity contribution in [2.45, 2.75) is 33.0 Å². The summed E-state index contributed by atoms with van der Waals surface area (Å²) in [5.74, 6) is 1.66. The van der Waals surface area contributed by atoms with Crippen LogP contribution in [0.5, 0.6) is 11.5 Å². The van der Waals surface area contributed by atoms with Crippen LogP contribution in [0.4, 0.5) is 0 Å². The van der Waals surface area contributed by atoms with Crippen LogP contribution in [0, 0.1) is 13.8 Å². The van der Waals surface area contributed by atoms with Crippen molar-refractivity contribution in [2.24, 2.45) is 0 Å². The molecule has 0 saturated carbocycles. The van der Waals surface area contributed by atoms with E-state index in [1.807, 2.05) is 43.3 Å². The van der Waals surface area contributed by atoms with Gasteiger partial charge in [0.25, 0.3) is 0 Å². The van der Waals surface area contributed by atoms with Gasteiger partial charge in [0.15, 0.2) is 0 Å². The van der Waals surface area contributed by atoms with Crippen LogP contribution in [0.15, 0.2) is 72.8 Å². The van der Waals surface area contributed by atoms with E-state index in [0.717, 1.165) is 30.2 Å². The van der Waals surface area contributed by atoms with E-state index in [4.69, 9.17) is 9.47 Å². The largest absolute Gasteiger partial charge is 0.497 e. The molecule has 3 rings (SSSR count). The summed E-state index contributed by atoms with van der Waals surface area (Å²) in [4.78, 5) is 2.25. The maximum atomic E-state index is 10.7. The van der Waals surface area contributed by atoms with E-state index in [-0.39, 0.29) is 6.61 Å². The molecule has 0 aliphatic rings. The molecular formula is C26H31NO3. The number of nitrogens with zero attached hydrogens (tertiary/aromatic N) is 1. The molecule has 0 bridgehead atoms. The summed E-state index contributed by atoms with van der Waals surface area (Å²) >= 11 is 0. The van der Waals surface area contributed by atoms with Crippen molar-refractivity contribution in [2.75, 3.05) is 20.3 Å². The highest BCUT2D eigenvalue weighted by atomic mass is 16.5. The van der Waals surface area contributed by atoms with Gasteiger partial charge in [0.1, 0.15) is 24.2 Å². The Morgan fingerprint density at radius 2 is 1.60 bits per heavy atom. The standard InChI is InChI=1S/C26H31NO3/c1-20-7-6-9-23(15-20)17-27(16-22-11-13-25(29-3)14-12-22)18-24(28)19-30-26-10-5-4-8-21(26)2/h4-15,24,28H,16-19H2,1-3H3/t24-/m1/s1. The lowest BCUT2D eigenvalue weighted by molar-refractivity contribution is 0.0626. The zero-order chi connectivity index (χ0) is 21.3. The molecule has 0 fully saturated rings. The molecule has 0 amide bonds. The molecule has 3 aromatic rings. The van der Waals surface area contributed by atoms with Gasteiger partial charge in [-0.25, -0.2) is 0 Å². The topological polar surface area (TPSA) is 41.9 Å². The number of ether oxygens (including phenoxy) is 2. The molecule has 0 aromatic heterocycles. The molecule has 0 radical (unpaired) electrons.